The van der Waals surface area contributed by atoms with Gasteiger partial charge in [-0.1, -0.05) is 17.3 Å². The first-order valence-corrected chi connectivity index (χ1v) is 9.90. The Morgan fingerprint density at radius 3 is 1.77 bits per heavy atom. The van der Waals surface area contributed by atoms with Crippen LogP contribution in [0.2, 0.25) is 0 Å². The first-order valence-electron chi connectivity index (χ1n) is 9.90. The van der Waals surface area contributed by atoms with Crippen molar-refractivity contribution in [1.82, 2.24) is 30.4 Å². The number of hydrogen-bond donors (Lipinski definition) is 2. The van der Waals surface area contributed by atoms with Crippen molar-refractivity contribution in [2.75, 3.05) is 28.2 Å². The van der Waals surface area contributed by atoms with Crippen LogP contribution in [0.15, 0.2) is 36.4 Å². The van der Waals surface area contributed by atoms with Crippen molar-refractivity contribution >= 4 is 11.8 Å². The lowest BCUT2D eigenvalue weighted by atomic mass is 9.82. The number of aromatic amines is 1. The van der Waals surface area contributed by atoms with Gasteiger partial charge in [0.2, 0.25) is 5.82 Å². The van der Waals surface area contributed by atoms with Gasteiger partial charge in [0.05, 0.1) is 0 Å². The van der Waals surface area contributed by atoms with Gasteiger partial charge in [0.1, 0.15) is 0 Å². The van der Waals surface area contributed by atoms with Crippen molar-refractivity contribution in [3.05, 3.63) is 75.6 Å². The molecular formula is C22H24N6O3. The summed E-state index contributed by atoms with van der Waals surface area (Å²) < 4.78 is 0. The summed E-state index contributed by atoms with van der Waals surface area (Å²) in [4.78, 5) is 28.0. The van der Waals surface area contributed by atoms with E-state index in [2.05, 4.69) is 20.6 Å². The van der Waals surface area contributed by atoms with Crippen LogP contribution in [0.3, 0.4) is 0 Å². The van der Waals surface area contributed by atoms with E-state index in [0.717, 1.165) is 11.1 Å². The Morgan fingerprint density at radius 1 is 0.903 bits per heavy atom. The molecule has 2 N–H and O–H groups in total. The smallest absolute Gasteiger partial charge is 0.253 e. The van der Waals surface area contributed by atoms with Crippen LogP contribution in [0.25, 0.3) is 0 Å². The predicted molar refractivity (Wildman–Crippen MR) is 113 cm³/mol. The van der Waals surface area contributed by atoms with Crippen LogP contribution in [-0.2, 0) is 18.4 Å². The maximum Gasteiger partial charge on any atom is 0.253 e. The fraction of sp³-hybridized carbons (Fsp3) is 0.318. The first-order chi connectivity index (χ1) is 14.7. The Bertz CT molecular complexity index is 1080. The number of nitrogens with one attached hydrogen (secondary N) is 1. The molecule has 3 aromatic rings. The summed E-state index contributed by atoms with van der Waals surface area (Å²) in [5.74, 6) is -0.131. The quantitative estimate of drug-likeness (QED) is 0.653. The minimum absolute atomic E-state index is 0.107. The fourth-order valence-corrected chi connectivity index (χ4v) is 4.06. The van der Waals surface area contributed by atoms with Crippen LogP contribution in [0, 0.1) is 0 Å². The third-order valence-electron chi connectivity index (χ3n) is 5.63. The summed E-state index contributed by atoms with van der Waals surface area (Å²) in [6, 6.07) is 10.5. The van der Waals surface area contributed by atoms with Gasteiger partial charge >= 0.3 is 0 Å². The van der Waals surface area contributed by atoms with Crippen molar-refractivity contribution in [3.8, 4) is 0 Å². The standard InChI is InChI=1S/C22H24N6O3/c1-27(2)19(29)15-7-9-17-13(11-15)5-6-14-12-16(20(30)28(3)4)8-10-18(14)22(17,31)21-23-25-26-24-21/h7-12,31H,5-6H2,1-4H3,(H,23,24,25,26). The number of aromatic nitrogens is 4. The highest BCUT2D eigenvalue weighted by Gasteiger charge is 2.43. The number of tetrazole rings is 1. The van der Waals surface area contributed by atoms with Gasteiger partial charge in [-0.15, -0.1) is 10.2 Å². The van der Waals surface area contributed by atoms with E-state index in [1.807, 2.05) is 0 Å². The van der Waals surface area contributed by atoms with E-state index in [9.17, 15) is 14.7 Å². The number of nitrogens with zero attached hydrogens (tertiary/aromatic N) is 5. The molecular weight excluding hydrogens is 396 g/mol. The average molecular weight is 420 g/mol. The molecule has 1 aromatic heterocycles. The lowest BCUT2D eigenvalue weighted by Crippen LogP contribution is -2.32. The fourth-order valence-electron chi connectivity index (χ4n) is 4.06. The van der Waals surface area contributed by atoms with Crippen molar-refractivity contribution in [2.45, 2.75) is 18.4 Å². The molecule has 9 heteroatoms. The van der Waals surface area contributed by atoms with Crippen LogP contribution < -0.4 is 0 Å². The first kappa shape index (κ1) is 20.7. The van der Waals surface area contributed by atoms with Crippen LogP contribution >= 0.6 is 0 Å². The second-order valence-electron chi connectivity index (χ2n) is 8.09. The molecule has 0 aliphatic heterocycles. The zero-order chi connectivity index (χ0) is 22.3. The molecule has 0 saturated carbocycles. The lowest BCUT2D eigenvalue weighted by Gasteiger charge is -2.28. The minimum atomic E-state index is -1.67. The van der Waals surface area contributed by atoms with Crippen molar-refractivity contribution < 1.29 is 14.7 Å². The topological polar surface area (TPSA) is 115 Å². The summed E-state index contributed by atoms with van der Waals surface area (Å²) in [5.41, 5.74) is 2.22. The molecule has 1 heterocycles. The molecule has 0 saturated heterocycles. The van der Waals surface area contributed by atoms with Gasteiger partial charge in [-0.2, -0.15) is 5.21 Å². The number of benzene rings is 2. The summed E-state index contributed by atoms with van der Waals surface area (Å²) in [5, 5.41) is 26.2. The predicted octanol–water partition coefficient (Wildman–Crippen LogP) is 0.986. The third-order valence-corrected chi connectivity index (χ3v) is 5.63. The van der Waals surface area contributed by atoms with E-state index in [4.69, 9.17) is 0 Å². The van der Waals surface area contributed by atoms with Crippen molar-refractivity contribution in [1.29, 1.82) is 0 Å². The maximum atomic E-state index is 12.5. The highest BCUT2D eigenvalue weighted by Crippen LogP contribution is 2.41. The molecule has 4 rings (SSSR count). The summed E-state index contributed by atoms with van der Waals surface area (Å²) in [7, 11) is 6.79. The number of H-pyrrole nitrogens is 1. The summed E-state index contributed by atoms with van der Waals surface area (Å²) >= 11 is 0. The number of amides is 2. The molecule has 0 atom stereocenters. The molecule has 31 heavy (non-hydrogen) atoms. The van der Waals surface area contributed by atoms with Crippen LogP contribution in [0.1, 0.15) is 48.8 Å². The molecule has 0 unspecified atom stereocenters. The molecule has 2 amide bonds. The van der Waals surface area contributed by atoms with Crippen LogP contribution in [-0.4, -0.2) is 75.5 Å². The van der Waals surface area contributed by atoms with Crippen LogP contribution in [0.4, 0.5) is 0 Å². The number of carbonyl (C=O) groups is 2. The van der Waals surface area contributed by atoms with Crippen molar-refractivity contribution in [2.24, 2.45) is 0 Å². The van der Waals surface area contributed by atoms with E-state index in [1.54, 1.807) is 64.6 Å². The highest BCUT2D eigenvalue weighted by atomic mass is 16.3. The van der Waals surface area contributed by atoms with E-state index < -0.39 is 5.60 Å². The molecule has 0 radical (unpaired) electrons. The zero-order valence-corrected chi connectivity index (χ0v) is 17.9. The van der Waals surface area contributed by atoms with E-state index in [-0.39, 0.29) is 17.6 Å². The molecule has 0 fully saturated rings. The Balaban J connectivity index is 1.92. The number of aryl methyl sites for hydroxylation is 2. The Morgan fingerprint density at radius 2 is 1.39 bits per heavy atom. The van der Waals surface area contributed by atoms with Gasteiger partial charge in [-0.3, -0.25) is 9.59 Å². The maximum absolute atomic E-state index is 12.5. The Hall–Kier alpha value is -3.59. The number of aliphatic hydroxyl groups is 1. The SMILES string of the molecule is CN(C)C(=O)c1ccc2c(c1)CCc1cc(C(=O)N(C)C)ccc1C2(O)c1nn[nH]n1. The molecule has 9 nitrogen and oxygen atoms in total. The normalized spacial score (nSPS) is 14.2. The molecule has 0 spiro atoms. The van der Waals surface area contributed by atoms with Crippen LogP contribution in [0.5, 0.6) is 0 Å². The zero-order valence-electron chi connectivity index (χ0n) is 17.9. The number of hydrogen-bond acceptors (Lipinski definition) is 6. The monoisotopic (exact) mass is 420 g/mol. The third kappa shape index (κ3) is 3.36. The molecule has 1 aliphatic carbocycles. The second kappa shape index (κ2) is 7.59. The molecule has 0 bridgehead atoms. The Kier molecular flexibility index (Phi) is 5.06. The summed E-state index contributed by atoms with van der Waals surface area (Å²) in [6.45, 7) is 0. The molecule has 2 aromatic carbocycles. The molecule has 1 aliphatic rings. The van der Waals surface area contributed by atoms with E-state index in [0.29, 0.717) is 35.1 Å². The second-order valence-corrected chi connectivity index (χ2v) is 8.09. The largest absolute Gasteiger partial charge is 0.373 e. The van der Waals surface area contributed by atoms with Gasteiger partial charge in [0.15, 0.2) is 5.60 Å². The minimum Gasteiger partial charge on any atom is -0.373 e. The van der Waals surface area contributed by atoms with Crippen molar-refractivity contribution in [3.63, 3.8) is 0 Å². The number of rotatable bonds is 3. The molecule has 160 valence electrons. The average Bonchev–Trinajstić information content (AvgIpc) is 3.27. The van der Waals surface area contributed by atoms with Gasteiger partial charge < -0.3 is 14.9 Å². The van der Waals surface area contributed by atoms with E-state index >= 15 is 0 Å². The van der Waals surface area contributed by atoms with Gasteiger partial charge in [-0.05, 0) is 59.4 Å². The van der Waals surface area contributed by atoms with Gasteiger partial charge in [0.25, 0.3) is 11.8 Å². The number of fused-ring (bicyclic) bond motifs is 2. The van der Waals surface area contributed by atoms with E-state index in [1.165, 1.54) is 9.80 Å². The summed E-state index contributed by atoms with van der Waals surface area (Å²) in [6.07, 6.45) is 1.16. The lowest BCUT2D eigenvalue weighted by molar-refractivity contribution is 0.0820. The van der Waals surface area contributed by atoms with Gasteiger partial charge in [0, 0.05) is 39.3 Å². The highest BCUT2D eigenvalue weighted by molar-refractivity contribution is 5.95. The van der Waals surface area contributed by atoms with Gasteiger partial charge in [-0.25, -0.2) is 0 Å². The Labute approximate surface area is 179 Å². The number of carbonyl (C=O) groups excluding carboxylic acids is 2.